The van der Waals surface area contributed by atoms with Crippen LogP contribution >= 0.6 is 22.6 Å². The van der Waals surface area contributed by atoms with Gasteiger partial charge in [0.15, 0.2) is 12.4 Å². The lowest BCUT2D eigenvalue weighted by atomic mass is 10.1. The SMILES string of the molecule is Cc1ccccc1C(=O)OCC(=O)c1ccc(I)cc1. The van der Waals surface area contributed by atoms with Crippen molar-refractivity contribution in [2.24, 2.45) is 0 Å². The van der Waals surface area contributed by atoms with Crippen LogP contribution in [0.1, 0.15) is 26.3 Å². The molecule has 2 aromatic rings. The number of halogens is 1. The summed E-state index contributed by atoms with van der Waals surface area (Å²) < 4.78 is 6.12. The third-order valence-corrected chi connectivity index (χ3v) is 3.58. The van der Waals surface area contributed by atoms with E-state index in [0.717, 1.165) is 9.13 Å². The number of esters is 1. The van der Waals surface area contributed by atoms with Crippen LogP contribution in [0, 0.1) is 10.5 Å². The van der Waals surface area contributed by atoms with Gasteiger partial charge in [-0.25, -0.2) is 4.79 Å². The molecule has 0 saturated carbocycles. The molecule has 4 heteroatoms. The summed E-state index contributed by atoms with van der Waals surface area (Å²) in [6.07, 6.45) is 0. The topological polar surface area (TPSA) is 43.4 Å². The molecular weight excluding hydrogens is 367 g/mol. The quantitative estimate of drug-likeness (QED) is 0.462. The molecule has 2 aromatic carbocycles. The average molecular weight is 380 g/mol. The molecule has 0 bridgehead atoms. The van der Waals surface area contributed by atoms with Crippen molar-refractivity contribution in [3.8, 4) is 0 Å². The Kier molecular flexibility index (Phi) is 4.89. The Morgan fingerprint density at radius 1 is 1.05 bits per heavy atom. The van der Waals surface area contributed by atoms with E-state index in [1.54, 1.807) is 24.3 Å². The highest BCUT2D eigenvalue weighted by molar-refractivity contribution is 14.1. The number of ketones is 1. The molecule has 20 heavy (non-hydrogen) atoms. The lowest BCUT2D eigenvalue weighted by Gasteiger charge is -2.06. The molecule has 0 aliphatic heterocycles. The van der Waals surface area contributed by atoms with Gasteiger partial charge in [0.1, 0.15) is 0 Å². The van der Waals surface area contributed by atoms with Crippen molar-refractivity contribution in [3.63, 3.8) is 0 Å². The molecule has 0 spiro atoms. The molecule has 0 amide bonds. The number of aryl methyl sites for hydroxylation is 1. The molecule has 102 valence electrons. The minimum atomic E-state index is -0.470. The van der Waals surface area contributed by atoms with Gasteiger partial charge in [0.05, 0.1) is 5.56 Å². The summed E-state index contributed by atoms with van der Waals surface area (Å²) in [6.45, 7) is 1.59. The van der Waals surface area contributed by atoms with Crippen molar-refractivity contribution < 1.29 is 14.3 Å². The molecule has 0 aliphatic carbocycles. The van der Waals surface area contributed by atoms with Crippen molar-refractivity contribution >= 4 is 34.3 Å². The fourth-order valence-electron chi connectivity index (χ4n) is 1.73. The van der Waals surface area contributed by atoms with E-state index in [1.807, 2.05) is 31.2 Å². The van der Waals surface area contributed by atoms with E-state index in [9.17, 15) is 9.59 Å². The van der Waals surface area contributed by atoms with E-state index >= 15 is 0 Å². The lowest BCUT2D eigenvalue weighted by molar-refractivity contribution is 0.0474. The molecule has 0 saturated heterocycles. The summed E-state index contributed by atoms with van der Waals surface area (Å²) in [7, 11) is 0. The molecular formula is C16H13IO3. The molecule has 0 N–H and O–H groups in total. The first kappa shape index (κ1) is 14.7. The van der Waals surface area contributed by atoms with Crippen LogP contribution < -0.4 is 0 Å². The fourth-order valence-corrected chi connectivity index (χ4v) is 2.09. The molecule has 0 aliphatic rings. The minimum absolute atomic E-state index is 0.205. The first-order chi connectivity index (χ1) is 9.58. The Balaban J connectivity index is 1.99. The Morgan fingerprint density at radius 3 is 2.35 bits per heavy atom. The van der Waals surface area contributed by atoms with Crippen LogP contribution in [0.25, 0.3) is 0 Å². The third-order valence-electron chi connectivity index (χ3n) is 2.87. The molecule has 0 radical (unpaired) electrons. The average Bonchev–Trinajstić information content (AvgIpc) is 2.45. The molecule has 2 rings (SSSR count). The number of hydrogen-bond acceptors (Lipinski definition) is 3. The van der Waals surface area contributed by atoms with E-state index in [0.29, 0.717) is 11.1 Å². The van der Waals surface area contributed by atoms with E-state index < -0.39 is 5.97 Å². The van der Waals surface area contributed by atoms with Crippen molar-refractivity contribution in [2.45, 2.75) is 6.92 Å². The monoisotopic (exact) mass is 380 g/mol. The van der Waals surface area contributed by atoms with E-state index in [4.69, 9.17) is 4.74 Å². The Labute approximate surface area is 131 Å². The number of benzene rings is 2. The van der Waals surface area contributed by atoms with Crippen molar-refractivity contribution in [2.75, 3.05) is 6.61 Å². The number of ether oxygens (including phenoxy) is 1. The standard InChI is InChI=1S/C16H13IO3/c1-11-4-2-3-5-14(11)16(19)20-10-15(18)12-6-8-13(17)9-7-12/h2-9H,10H2,1H3. The Morgan fingerprint density at radius 2 is 1.70 bits per heavy atom. The number of hydrogen-bond donors (Lipinski definition) is 0. The molecule has 0 atom stereocenters. The van der Waals surface area contributed by atoms with E-state index in [-0.39, 0.29) is 12.4 Å². The van der Waals surface area contributed by atoms with Crippen molar-refractivity contribution in [3.05, 3.63) is 68.8 Å². The summed E-state index contributed by atoms with van der Waals surface area (Å²) in [5, 5.41) is 0. The zero-order chi connectivity index (χ0) is 14.5. The summed E-state index contributed by atoms with van der Waals surface area (Å²) in [5.74, 6) is -0.676. The first-order valence-electron chi connectivity index (χ1n) is 6.09. The summed E-state index contributed by atoms with van der Waals surface area (Å²) in [6, 6.07) is 14.3. The van der Waals surface area contributed by atoms with E-state index in [1.165, 1.54) is 0 Å². The lowest BCUT2D eigenvalue weighted by Crippen LogP contribution is -2.15. The van der Waals surface area contributed by atoms with Crippen LogP contribution in [-0.4, -0.2) is 18.4 Å². The highest BCUT2D eigenvalue weighted by Crippen LogP contribution is 2.10. The zero-order valence-electron chi connectivity index (χ0n) is 10.9. The minimum Gasteiger partial charge on any atom is -0.454 e. The maximum atomic E-state index is 11.9. The molecule has 0 unspecified atom stereocenters. The third kappa shape index (κ3) is 3.66. The maximum Gasteiger partial charge on any atom is 0.338 e. The van der Waals surface area contributed by atoms with Gasteiger partial charge < -0.3 is 4.74 Å². The van der Waals surface area contributed by atoms with Crippen LogP contribution in [0.4, 0.5) is 0 Å². The predicted molar refractivity (Wildman–Crippen MR) is 85.0 cm³/mol. The number of carbonyl (C=O) groups excluding carboxylic acids is 2. The fraction of sp³-hybridized carbons (Fsp3) is 0.125. The second-order valence-corrected chi connectivity index (χ2v) is 5.57. The molecule has 0 fully saturated rings. The van der Waals surface area contributed by atoms with Crippen LogP contribution in [0.5, 0.6) is 0 Å². The van der Waals surface area contributed by atoms with Gasteiger partial charge in [0, 0.05) is 9.13 Å². The Hall–Kier alpha value is -1.69. The maximum absolute atomic E-state index is 11.9. The van der Waals surface area contributed by atoms with Gasteiger partial charge in [-0.2, -0.15) is 0 Å². The number of carbonyl (C=O) groups is 2. The zero-order valence-corrected chi connectivity index (χ0v) is 13.1. The van der Waals surface area contributed by atoms with Gasteiger partial charge in [-0.05, 0) is 53.3 Å². The van der Waals surface area contributed by atoms with Crippen LogP contribution in [0.3, 0.4) is 0 Å². The van der Waals surface area contributed by atoms with Crippen molar-refractivity contribution in [1.29, 1.82) is 0 Å². The van der Waals surface area contributed by atoms with Gasteiger partial charge in [0.2, 0.25) is 0 Å². The second-order valence-electron chi connectivity index (χ2n) is 4.32. The number of rotatable bonds is 4. The smallest absolute Gasteiger partial charge is 0.338 e. The second kappa shape index (κ2) is 6.65. The largest absolute Gasteiger partial charge is 0.454 e. The number of Topliss-reactive ketones (excluding diaryl/α,β-unsaturated/α-hetero) is 1. The molecule has 0 aromatic heterocycles. The van der Waals surface area contributed by atoms with Gasteiger partial charge in [-0.1, -0.05) is 30.3 Å². The predicted octanol–water partition coefficient (Wildman–Crippen LogP) is 3.64. The van der Waals surface area contributed by atoms with Gasteiger partial charge in [-0.15, -0.1) is 0 Å². The van der Waals surface area contributed by atoms with Crippen LogP contribution in [0.15, 0.2) is 48.5 Å². The van der Waals surface area contributed by atoms with Gasteiger partial charge in [0.25, 0.3) is 0 Å². The van der Waals surface area contributed by atoms with Gasteiger partial charge >= 0.3 is 5.97 Å². The summed E-state index contributed by atoms with van der Waals surface area (Å²) in [4.78, 5) is 23.8. The summed E-state index contributed by atoms with van der Waals surface area (Å²) in [5.41, 5.74) is 1.87. The van der Waals surface area contributed by atoms with Gasteiger partial charge in [-0.3, -0.25) is 4.79 Å². The Bertz CT molecular complexity index is 632. The summed E-state index contributed by atoms with van der Waals surface area (Å²) >= 11 is 2.17. The van der Waals surface area contributed by atoms with Crippen LogP contribution in [0.2, 0.25) is 0 Å². The van der Waals surface area contributed by atoms with Crippen LogP contribution in [-0.2, 0) is 4.74 Å². The molecule has 0 heterocycles. The first-order valence-corrected chi connectivity index (χ1v) is 7.17. The normalized spacial score (nSPS) is 10.1. The molecule has 3 nitrogen and oxygen atoms in total. The van der Waals surface area contributed by atoms with Crippen molar-refractivity contribution in [1.82, 2.24) is 0 Å². The van der Waals surface area contributed by atoms with E-state index in [2.05, 4.69) is 22.6 Å². The highest BCUT2D eigenvalue weighted by Gasteiger charge is 2.13. The highest BCUT2D eigenvalue weighted by atomic mass is 127.